The largest absolute Gasteiger partial charge is 0.468 e. The molecule has 0 aliphatic heterocycles. The third-order valence-corrected chi connectivity index (χ3v) is 3.58. The van der Waals surface area contributed by atoms with Crippen LogP contribution in [0.4, 0.5) is 5.69 Å². The number of esters is 1. The van der Waals surface area contributed by atoms with Gasteiger partial charge in [-0.1, -0.05) is 18.0 Å². The minimum atomic E-state index is -0.460. The van der Waals surface area contributed by atoms with Crippen molar-refractivity contribution < 1.29 is 9.53 Å². The van der Waals surface area contributed by atoms with E-state index in [0.29, 0.717) is 12.5 Å². The Morgan fingerprint density at radius 3 is 2.95 bits per heavy atom. The molecule has 6 nitrogen and oxygen atoms in total. The van der Waals surface area contributed by atoms with Crippen LogP contribution in [0.3, 0.4) is 0 Å². The predicted octanol–water partition coefficient (Wildman–Crippen LogP) is 1.28. The fraction of sp³-hybridized carbons (Fsp3) is 0.583. The van der Waals surface area contributed by atoms with Crippen LogP contribution in [0.5, 0.6) is 0 Å². The first-order valence-electron chi connectivity index (χ1n) is 6.18. The highest BCUT2D eigenvalue weighted by Gasteiger charge is 2.20. The van der Waals surface area contributed by atoms with E-state index < -0.39 is 5.97 Å². The van der Waals surface area contributed by atoms with Crippen LogP contribution in [0.2, 0.25) is 5.02 Å². The van der Waals surface area contributed by atoms with E-state index in [9.17, 15) is 9.59 Å². The van der Waals surface area contributed by atoms with Crippen molar-refractivity contribution >= 4 is 23.3 Å². The zero-order chi connectivity index (χ0) is 13.8. The number of nitrogens with one attached hydrogen (secondary N) is 1. The Kier molecular flexibility index (Phi) is 4.42. The average molecular weight is 286 g/mol. The standard InChI is InChI=1S/C12H16ClN3O3/c1-19-10(17)6-14-11-9(13)5-15-16(12(11)18)7-8-3-2-4-8/h5,8,14H,2-4,6-7H2,1H3. The van der Waals surface area contributed by atoms with Gasteiger partial charge in [0.15, 0.2) is 0 Å². The Bertz CT molecular complexity index is 525. The number of carbonyl (C=O) groups is 1. The minimum Gasteiger partial charge on any atom is -0.468 e. The number of rotatable bonds is 5. The first-order valence-corrected chi connectivity index (χ1v) is 6.56. The zero-order valence-corrected chi connectivity index (χ0v) is 11.4. The molecule has 1 N–H and O–H groups in total. The first-order chi connectivity index (χ1) is 9.11. The van der Waals surface area contributed by atoms with Gasteiger partial charge >= 0.3 is 5.97 Å². The fourth-order valence-corrected chi connectivity index (χ4v) is 2.10. The van der Waals surface area contributed by atoms with Crippen LogP contribution in [0.1, 0.15) is 19.3 Å². The first kappa shape index (κ1) is 13.9. The quantitative estimate of drug-likeness (QED) is 0.825. The van der Waals surface area contributed by atoms with E-state index >= 15 is 0 Å². The molecule has 0 saturated heterocycles. The second kappa shape index (κ2) is 6.06. The molecular weight excluding hydrogens is 270 g/mol. The lowest BCUT2D eigenvalue weighted by Gasteiger charge is -2.25. The zero-order valence-electron chi connectivity index (χ0n) is 10.7. The Labute approximate surface area is 115 Å². The van der Waals surface area contributed by atoms with Gasteiger partial charge < -0.3 is 10.1 Å². The van der Waals surface area contributed by atoms with E-state index in [0.717, 1.165) is 12.8 Å². The Morgan fingerprint density at radius 1 is 1.63 bits per heavy atom. The Morgan fingerprint density at radius 2 is 2.37 bits per heavy atom. The molecule has 1 fully saturated rings. The molecule has 1 aromatic rings. The van der Waals surface area contributed by atoms with Crippen LogP contribution < -0.4 is 10.9 Å². The van der Waals surface area contributed by atoms with Gasteiger partial charge in [-0.05, 0) is 18.8 Å². The van der Waals surface area contributed by atoms with Gasteiger partial charge in [-0.15, -0.1) is 0 Å². The maximum atomic E-state index is 12.2. The van der Waals surface area contributed by atoms with Crippen LogP contribution in [0, 0.1) is 5.92 Å². The fourth-order valence-electron chi connectivity index (χ4n) is 1.91. The molecule has 0 bridgehead atoms. The van der Waals surface area contributed by atoms with Gasteiger partial charge in [-0.3, -0.25) is 9.59 Å². The van der Waals surface area contributed by atoms with Crippen LogP contribution in [-0.2, 0) is 16.1 Å². The van der Waals surface area contributed by atoms with Crippen LogP contribution in [0.15, 0.2) is 11.0 Å². The van der Waals surface area contributed by atoms with E-state index in [4.69, 9.17) is 11.6 Å². The number of carbonyl (C=O) groups excluding carboxylic acids is 1. The molecule has 1 aliphatic rings. The number of nitrogens with zero attached hydrogens (tertiary/aromatic N) is 2. The molecule has 0 amide bonds. The summed E-state index contributed by atoms with van der Waals surface area (Å²) in [7, 11) is 1.28. The van der Waals surface area contributed by atoms with Crippen molar-refractivity contribution in [3.8, 4) is 0 Å². The summed E-state index contributed by atoms with van der Waals surface area (Å²) in [4.78, 5) is 23.2. The molecule has 0 unspecified atom stereocenters. The molecule has 104 valence electrons. The van der Waals surface area contributed by atoms with E-state index in [1.807, 2.05) is 0 Å². The maximum Gasteiger partial charge on any atom is 0.325 e. The van der Waals surface area contributed by atoms with Gasteiger partial charge in [-0.2, -0.15) is 5.10 Å². The number of hydrogen-bond acceptors (Lipinski definition) is 5. The van der Waals surface area contributed by atoms with Gasteiger partial charge in [-0.25, -0.2) is 4.68 Å². The number of aromatic nitrogens is 2. The normalized spacial score (nSPS) is 14.8. The van der Waals surface area contributed by atoms with Crippen LogP contribution >= 0.6 is 11.6 Å². The highest BCUT2D eigenvalue weighted by atomic mass is 35.5. The molecule has 1 saturated carbocycles. The SMILES string of the molecule is COC(=O)CNc1c(Cl)cnn(CC2CCC2)c1=O. The highest BCUT2D eigenvalue weighted by Crippen LogP contribution is 2.27. The lowest BCUT2D eigenvalue weighted by molar-refractivity contribution is -0.138. The molecule has 1 heterocycles. The van der Waals surface area contributed by atoms with Gasteiger partial charge in [0.25, 0.3) is 5.56 Å². The van der Waals surface area contributed by atoms with Crippen molar-refractivity contribution in [2.75, 3.05) is 19.0 Å². The average Bonchev–Trinajstić information content (AvgIpc) is 2.35. The maximum absolute atomic E-state index is 12.2. The summed E-state index contributed by atoms with van der Waals surface area (Å²) >= 11 is 5.92. The number of hydrogen-bond donors (Lipinski definition) is 1. The van der Waals surface area contributed by atoms with E-state index in [2.05, 4.69) is 15.2 Å². The van der Waals surface area contributed by atoms with Gasteiger partial charge in [0.1, 0.15) is 12.2 Å². The summed E-state index contributed by atoms with van der Waals surface area (Å²) in [5.74, 6) is 0.0534. The molecular formula is C12H16ClN3O3. The van der Waals surface area contributed by atoms with Gasteiger partial charge in [0.2, 0.25) is 0 Å². The van der Waals surface area contributed by atoms with Crippen molar-refractivity contribution in [3.63, 3.8) is 0 Å². The summed E-state index contributed by atoms with van der Waals surface area (Å²) < 4.78 is 5.90. The predicted molar refractivity (Wildman–Crippen MR) is 71.4 cm³/mol. The lowest BCUT2D eigenvalue weighted by Crippen LogP contribution is -2.31. The number of methoxy groups -OCH3 is 1. The summed E-state index contributed by atoms with van der Waals surface area (Å²) in [5.41, 5.74) is -0.107. The summed E-state index contributed by atoms with van der Waals surface area (Å²) in [5, 5.41) is 6.93. The van der Waals surface area contributed by atoms with Crippen molar-refractivity contribution in [1.82, 2.24) is 9.78 Å². The molecule has 19 heavy (non-hydrogen) atoms. The molecule has 7 heteroatoms. The van der Waals surface area contributed by atoms with Crippen molar-refractivity contribution in [2.24, 2.45) is 5.92 Å². The van der Waals surface area contributed by atoms with Crippen molar-refractivity contribution in [1.29, 1.82) is 0 Å². The van der Waals surface area contributed by atoms with E-state index in [-0.39, 0.29) is 22.8 Å². The van der Waals surface area contributed by atoms with Crippen molar-refractivity contribution in [3.05, 3.63) is 21.6 Å². The molecule has 2 rings (SSSR count). The molecule has 0 aromatic carbocycles. The smallest absolute Gasteiger partial charge is 0.325 e. The summed E-state index contributed by atoms with van der Waals surface area (Å²) in [6.45, 7) is 0.502. The number of ether oxygens (including phenoxy) is 1. The van der Waals surface area contributed by atoms with Crippen molar-refractivity contribution in [2.45, 2.75) is 25.8 Å². The third-order valence-electron chi connectivity index (χ3n) is 3.29. The monoisotopic (exact) mass is 285 g/mol. The second-order valence-corrected chi connectivity index (χ2v) is 4.99. The van der Waals surface area contributed by atoms with Crippen LogP contribution in [-0.4, -0.2) is 29.4 Å². The molecule has 0 spiro atoms. The number of halogens is 1. The highest BCUT2D eigenvalue weighted by molar-refractivity contribution is 6.33. The number of anilines is 1. The summed E-state index contributed by atoms with van der Waals surface area (Å²) in [6.07, 6.45) is 4.88. The second-order valence-electron chi connectivity index (χ2n) is 4.58. The lowest BCUT2D eigenvalue weighted by atomic mass is 9.85. The molecule has 1 aliphatic carbocycles. The molecule has 0 radical (unpaired) electrons. The van der Waals surface area contributed by atoms with E-state index in [1.165, 1.54) is 24.4 Å². The van der Waals surface area contributed by atoms with Crippen LogP contribution in [0.25, 0.3) is 0 Å². The van der Waals surface area contributed by atoms with E-state index in [1.54, 1.807) is 0 Å². The Balaban J connectivity index is 2.14. The molecule has 1 aromatic heterocycles. The summed E-state index contributed by atoms with van der Waals surface area (Å²) in [6, 6.07) is 0. The van der Waals surface area contributed by atoms with Gasteiger partial charge in [0, 0.05) is 6.54 Å². The minimum absolute atomic E-state index is 0.0983. The topological polar surface area (TPSA) is 73.2 Å². The Hall–Kier alpha value is -1.56. The third kappa shape index (κ3) is 3.26. The van der Waals surface area contributed by atoms with Gasteiger partial charge in [0.05, 0.1) is 18.3 Å². The molecule has 0 atom stereocenters.